The van der Waals surface area contributed by atoms with E-state index in [0.717, 1.165) is 23.2 Å². The van der Waals surface area contributed by atoms with E-state index in [9.17, 15) is 0 Å². The number of ether oxygens (including phenoxy) is 1. The van der Waals surface area contributed by atoms with E-state index in [1.165, 1.54) is 5.52 Å². The molecule has 0 unspecified atom stereocenters. The third-order valence-corrected chi connectivity index (χ3v) is 3.46. The first kappa shape index (κ1) is 13.3. The molecule has 0 fully saturated rings. The number of benzene rings is 2. The van der Waals surface area contributed by atoms with E-state index < -0.39 is 0 Å². The van der Waals surface area contributed by atoms with Gasteiger partial charge in [-0.15, -0.1) is 0 Å². The molecule has 0 radical (unpaired) electrons. The van der Waals surface area contributed by atoms with Gasteiger partial charge in [0.25, 0.3) is 0 Å². The van der Waals surface area contributed by atoms with Crippen LogP contribution in [0.25, 0.3) is 10.9 Å². The van der Waals surface area contributed by atoms with Crippen LogP contribution >= 0.6 is 0 Å². The summed E-state index contributed by atoms with van der Waals surface area (Å²) in [5.74, 6) is 0.897. The summed E-state index contributed by atoms with van der Waals surface area (Å²) in [6, 6.07) is 18.1. The van der Waals surface area contributed by atoms with E-state index in [1.807, 2.05) is 37.3 Å². The summed E-state index contributed by atoms with van der Waals surface area (Å²) in [7, 11) is 0. The van der Waals surface area contributed by atoms with Crippen LogP contribution in [0.2, 0.25) is 0 Å². The number of hydrogen-bond acceptors (Lipinski definition) is 2. The van der Waals surface area contributed by atoms with Crippen LogP contribution in [0, 0.1) is 11.3 Å². The molecule has 0 aliphatic carbocycles. The Kier molecular flexibility index (Phi) is 3.61. The molecule has 0 saturated carbocycles. The van der Waals surface area contributed by atoms with Crippen molar-refractivity contribution in [2.45, 2.75) is 13.5 Å². The second kappa shape index (κ2) is 5.72. The summed E-state index contributed by atoms with van der Waals surface area (Å²) in [6.07, 6.45) is 2.07. The second-order valence-electron chi connectivity index (χ2n) is 4.91. The van der Waals surface area contributed by atoms with Gasteiger partial charge in [0.15, 0.2) is 0 Å². The predicted molar refractivity (Wildman–Crippen MR) is 83.4 cm³/mol. The third kappa shape index (κ3) is 2.75. The Balaban J connectivity index is 1.92. The number of fused-ring (bicyclic) bond motifs is 1. The van der Waals surface area contributed by atoms with Crippen molar-refractivity contribution in [2.75, 3.05) is 6.61 Å². The number of nitrogens with zero attached hydrogens (tertiary/aromatic N) is 2. The molecule has 21 heavy (non-hydrogen) atoms. The average molecular weight is 276 g/mol. The highest BCUT2D eigenvalue weighted by Crippen LogP contribution is 2.23. The van der Waals surface area contributed by atoms with E-state index in [-0.39, 0.29) is 0 Å². The molecule has 2 aromatic carbocycles. The van der Waals surface area contributed by atoms with E-state index >= 15 is 0 Å². The SMILES string of the molecule is CCOc1ccc2c(ccn2Cc2cccc(C#N)c2)c1. The maximum atomic E-state index is 8.97. The number of rotatable bonds is 4. The van der Waals surface area contributed by atoms with Crippen LogP contribution in [0.1, 0.15) is 18.1 Å². The van der Waals surface area contributed by atoms with Gasteiger partial charge >= 0.3 is 0 Å². The zero-order chi connectivity index (χ0) is 14.7. The molecule has 0 aliphatic heterocycles. The molecule has 1 aromatic heterocycles. The molecule has 0 saturated heterocycles. The van der Waals surface area contributed by atoms with Crippen LogP contribution in [0.4, 0.5) is 0 Å². The lowest BCUT2D eigenvalue weighted by atomic mass is 10.1. The fourth-order valence-electron chi connectivity index (χ4n) is 2.51. The van der Waals surface area contributed by atoms with E-state index in [4.69, 9.17) is 10.00 Å². The van der Waals surface area contributed by atoms with Gasteiger partial charge in [-0.25, -0.2) is 0 Å². The molecule has 0 aliphatic rings. The Morgan fingerprint density at radius 3 is 2.86 bits per heavy atom. The molecular weight excluding hydrogens is 260 g/mol. The van der Waals surface area contributed by atoms with E-state index in [2.05, 4.69) is 35.0 Å². The summed E-state index contributed by atoms with van der Waals surface area (Å²) in [5.41, 5.74) is 2.99. The Bertz CT molecular complexity index is 811. The van der Waals surface area contributed by atoms with Crippen LogP contribution in [-0.2, 0) is 6.54 Å². The van der Waals surface area contributed by atoms with Crippen molar-refractivity contribution in [1.29, 1.82) is 5.26 Å². The van der Waals surface area contributed by atoms with Crippen molar-refractivity contribution in [3.05, 3.63) is 65.9 Å². The fraction of sp³-hybridized carbons (Fsp3) is 0.167. The maximum absolute atomic E-state index is 8.97. The third-order valence-electron chi connectivity index (χ3n) is 3.46. The smallest absolute Gasteiger partial charge is 0.120 e. The lowest BCUT2D eigenvalue weighted by Gasteiger charge is -2.07. The van der Waals surface area contributed by atoms with Crippen molar-refractivity contribution in [1.82, 2.24) is 4.57 Å². The molecule has 1 heterocycles. The summed E-state index contributed by atoms with van der Waals surface area (Å²) >= 11 is 0. The van der Waals surface area contributed by atoms with Gasteiger partial charge in [0.1, 0.15) is 5.75 Å². The lowest BCUT2D eigenvalue weighted by Crippen LogP contribution is -1.98. The van der Waals surface area contributed by atoms with Crippen molar-refractivity contribution in [3.63, 3.8) is 0 Å². The molecule has 0 spiro atoms. The number of hydrogen-bond donors (Lipinski definition) is 0. The standard InChI is InChI=1S/C18H16N2O/c1-2-21-17-6-7-18-16(11-17)8-9-20(18)13-15-5-3-4-14(10-15)12-19/h3-11H,2,13H2,1H3. The molecule has 3 aromatic rings. The van der Waals surface area contributed by atoms with Gasteiger partial charge in [-0.3, -0.25) is 0 Å². The molecular formula is C18H16N2O. The van der Waals surface area contributed by atoms with Gasteiger partial charge in [0.05, 0.1) is 18.2 Å². The van der Waals surface area contributed by atoms with Crippen molar-refractivity contribution in [3.8, 4) is 11.8 Å². The Morgan fingerprint density at radius 1 is 1.14 bits per heavy atom. The molecule has 3 nitrogen and oxygen atoms in total. The van der Waals surface area contributed by atoms with Gasteiger partial charge in [-0.1, -0.05) is 12.1 Å². The van der Waals surface area contributed by atoms with Crippen LogP contribution < -0.4 is 4.74 Å². The lowest BCUT2D eigenvalue weighted by molar-refractivity contribution is 0.340. The minimum Gasteiger partial charge on any atom is -0.494 e. The first-order valence-electron chi connectivity index (χ1n) is 7.01. The van der Waals surface area contributed by atoms with Crippen LogP contribution in [0.3, 0.4) is 0 Å². The summed E-state index contributed by atoms with van der Waals surface area (Å²) in [6.45, 7) is 3.41. The maximum Gasteiger partial charge on any atom is 0.120 e. The zero-order valence-electron chi connectivity index (χ0n) is 11.9. The highest BCUT2D eigenvalue weighted by Gasteiger charge is 2.04. The minimum absolute atomic E-state index is 0.674. The number of aromatic nitrogens is 1. The Labute approximate surface area is 124 Å². The van der Waals surface area contributed by atoms with Gasteiger partial charge in [-0.2, -0.15) is 5.26 Å². The van der Waals surface area contributed by atoms with E-state index in [1.54, 1.807) is 0 Å². The molecule has 0 atom stereocenters. The quantitative estimate of drug-likeness (QED) is 0.723. The highest BCUT2D eigenvalue weighted by atomic mass is 16.5. The molecule has 104 valence electrons. The first-order valence-corrected chi connectivity index (χ1v) is 7.01. The molecule has 3 heteroatoms. The average Bonchev–Trinajstić information content (AvgIpc) is 2.90. The van der Waals surface area contributed by atoms with Gasteiger partial charge < -0.3 is 9.30 Å². The first-order chi connectivity index (χ1) is 10.3. The van der Waals surface area contributed by atoms with E-state index in [0.29, 0.717) is 12.2 Å². The monoisotopic (exact) mass is 276 g/mol. The molecule has 3 rings (SSSR count). The van der Waals surface area contributed by atoms with Gasteiger partial charge in [-0.05, 0) is 48.9 Å². The number of nitriles is 1. The normalized spacial score (nSPS) is 10.5. The van der Waals surface area contributed by atoms with Gasteiger partial charge in [0.2, 0.25) is 0 Å². The van der Waals surface area contributed by atoms with Crippen molar-refractivity contribution < 1.29 is 4.74 Å². The largest absolute Gasteiger partial charge is 0.494 e. The summed E-state index contributed by atoms with van der Waals surface area (Å²) in [5, 5.41) is 10.1. The highest BCUT2D eigenvalue weighted by molar-refractivity contribution is 5.81. The zero-order valence-corrected chi connectivity index (χ0v) is 11.9. The van der Waals surface area contributed by atoms with Gasteiger partial charge in [0, 0.05) is 23.6 Å². The summed E-state index contributed by atoms with van der Waals surface area (Å²) < 4.78 is 7.71. The second-order valence-corrected chi connectivity index (χ2v) is 4.91. The fourth-order valence-corrected chi connectivity index (χ4v) is 2.51. The summed E-state index contributed by atoms with van der Waals surface area (Å²) in [4.78, 5) is 0. The minimum atomic E-state index is 0.674. The van der Waals surface area contributed by atoms with Crippen molar-refractivity contribution >= 4 is 10.9 Å². The predicted octanol–water partition coefficient (Wildman–Crippen LogP) is 3.96. The molecule has 0 amide bonds. The Morgan fingerprint density at radius 2 is 2.05 bits per heavy atom. The van der Waals surface area contributed by atoms with Crippen LogP contribution in [0.5, 0.6) is 5.75 Å². The molecule has 0 bridgehead atoms. The van der Waals surface area contributed by atoms with Crippen LogP contribution in [0.15, 0.2) is 54.7 Å². The topological polar surface area (TPSA) is 38.0 Å². The van der Waals surface area contributed by atoms with Crippen molar-refractivity contribution in [2.24, 2.45) is 0 Å². The molecule has 0 N–H and O–H groups in total. The Hall–Kier alpha value is -2.73. The van der Waals surface area contributed by atoms with Crippen LogP contribution in [-0.4, -0.2) is 11.2 Å².